The molecular weight excluding hydrogens is 504 g/mol. The Hall–Kier alpha value is -3.75. The molecule has 0 amide bonds. The third-order valence-electron chi connectivity index (χ3n) is 8.56. The molecule has 8 heteroatoms. The van der Waals surface area contributed by atoms with Crippen molar-refractivity contribution < 1.29 is 19.4 Å². The Morgan fingerprint density at radius 2 is 2.12 bits per heavy atom. The molecule has 2 aromatic carbocycles. The minimum atomic E-state index is -0.927. The fourth-order valence-electron chi connectivity index (χ4n) is 6.12. The maximum atomic E-state index is 11.6. The van der Waals surface area contributed by atoms with E-state index in [1.54, 1.807) is 12.1 Å². The van der Waals surface area contributed by atoms with Crippen molar-refractivity contribution in [2.45, 2.75) is 52.0 Å². The van der Waals surface area contributed by atoms with Crippen LogP contribution in [0.1, 0.15) is 47.9 Å². The maximum Gasteiger partial charge on any atom is 0.335 e. The highest BCUT2D eigenvalue weighted by atomic mass is 16.5. The fourth-order valence-corrected chi connectivity index (χ4v) is 6.12. The molecule has 3 aliphatic rings. The summed E-state index contributed by atoms with van der Waals surface area (Å²) in [4.78, 5) is 24.0. The van der Waals surface area contributed by atoms with Gasteiger partial charge in [-0.25, -0.2) is 14.8 Å². The minimum absolute atomic E-state index is 0.0678. The molecule has 0 radical (unpaired) electrons. The summed E-state index contributed by atoms with van der Waals surface area (Å²) in [5.41, 5.74) is 4.22. The van der Waals surface area contributed by atoms with Crippen LogP contribution in [0.15, 0.2) is 78.0 Å². The van der Waals surface area contributed by atoms with Gasteiger partial charge in [-0.1, -0.05) is 43.0 Å². The molecule has 0 bridgehead atoms. The Morgan fingerprint density at radius 1 is 1.30 bits per heavy atom. The highest BCUT2D eigenvalue weighted by Crippen LogP contribution is 2.63. The molecule has 6 rings (SSSR count). The van der Waals surface area contributed by atoms with Crippen LogP contribution in [0.5, 0.6) is 0 Å². The van der Waals surface area contributed by atoms with Gasteiger partial charge in [0.15, 0.2) is 5.90 Å². The number of imidazole rings is 1. The zero-order valence-electron chi connectivity index (χ0n) is 23.0. The Balaban J connectivity index is 1.15. The number of aromatic carboxylic acids is 1. The number of aliphatic imine (C=N–C) groups is 1. The van der Waals surface area contributed by atoms with Gasteiger partial charge >= 0.3 is 5.97 Å². The molecule has 1 saturated carbocycles. The first-order valence-electron chi connectivity index (χ1n) is 14.1. The lowest BCUT2D eigenvalue weighted by Crippen LogP contribution is -2.37. The predicted molar refractivity (Wildman–Crippen MR) is 154 cm³/mol. The fraction of sp³-hybridized carbons (Fsp3) is 0.406. The highest BCUT2D eigenvalue weighted by molar-refractivity contribution is 5.92. The van der Waals surface area contributed by atoms with Crippen LogP contribution < -0.4 is 0 Å². The Bertz CT molecular complexity index is 1470. The standard InChI is InChI=1S/C32H36N4O4/c1-3-7-29(33-22(2)40-21-23-8-5-4-6-9-23)32-13-14-35(18-25(32)17-32)20-30-34-27-11-10-24(31(37)38)16-28(27)36(30)19-26-12-15-39-26/h3-11,16,25-26H,1,12-15,17-21H2,2H3,(H,37,38)/b29-7-,33-22?/t25-,26+,32+/m1/s1. The van der Waals surface area contributed by atoms with E-state index in [2.05, 4.69) is 28.2 Å². The van der Waals surface area contributed by atoms with E-state index >= 15 is 0 Å². The number of nitrogens with zero attached hydrogens (tertiary/aromatic N) is 4. The van der Waals surface area contributed by atoms with Gasteiger partial charge in [-0.3, -0.25) is 4.90 Å². The molecule has 3 aromatic rings. The number of hydrogen-bond donors (Lipinski definition) is 1. The summed E-state index contributed by atoms with van der Waals surface area (Å²) >= 11 is 0. The van der Waals surface area contributed by atoms with E-state index in [1.807, 2.05) is 43.3 Å². The molecule has 2 saturated heterocycles. The lowest BCUT2D eigenvalue weighted by molar-refractivity contribution is -0.0592. The van der Waals surface area contributed by atoms with Crippen LogP contribution in [0.3, 0.4) is 0 Å². The van der Waals surface area contributed by atoms with E-state index in [9.17, 15) is 9.90 Å². The summed E-state index contributed by atoms with van der Waals surface area (Å²) in [7, 11) is 0. The van der Waals surface area contributed by atoms with Crippen molar-refractivity contribution in [2.24, 2.45) is 16.3 Å². The molecule has 0 spiro atoms. The topological polar surface area (TPSA) is 89.2 Å². The normalized spacial score (nSPS) is 24.8. The second-order valence-electron chi connectivity index (χ2n) is 11.2. The molecule has 40 heavy (non-hydrogen) atoms. The quantitative estimate of drug-likeness (QED) is 0.209. The number of allylic oxidation sites excluding steroid dienone is 3. The summed E-state index contributed by atoms with van der Waals surface area (Å²) in [5.74, 6) is 1.23. The van der Waals surface area contributed by atoms with Gasteiger partial charge in [-0.15, -0.1) is 0 Å². The predicted octanol–water partition coefficient (Wildman–Crippen LogP) is 5.44. The van der Waals surface area contributed by atoms with Crippen molar-refractivity contribution in [3.05, 3.63) is 89.9 Å². The number of hydrogen-bond acceptors (Lipinski definition) is 6. The van der Waals surface area contributed by atoms with E-state index in [0.29, 0.717) is 25.0 Å². The molecule has 1 aliphatic carbocycles. The number of benzene rings is 2. The summed E-state index contributed by atoms with van der Waals surface area (Å²) in [6, 6.07) is 15.3. The van der Waals surface area contributed by atoms with Crippen LogP contribution in [0.2, 0.25) is 0 Å². The van der Waals surface area contributed by atoms with E-state index in [-0.39, 0.29) is 17.1 Å². The van der Waals surface area contributed by atoms with E-state index < -0.39 is 5.97 Å². The average Bonchev–Trinajstić information content (AvgIpc) is 3.57. The number of aromatic nitrogens is 2. The first-order valence-corrected chi connectivity index (χ1v) is 14.1. The molecule has 3 fully saturated rings. The van der Waals surface area contributed by atoms with Crippen molar-refractivity contribution in [1.82, 2.24) is 14.5 Å². The molecule has 8 nitrogen and oxygen atoms in total. The smallest absolute Gasteiger partial charge is 0.335 e. The number of carboxylic acid groups (broad SMARTS) is 1. The zero-order valence-corrected chi connectivity index (χ0v) is 23.0. The van der Waals surface area contributed by atoms with Crippen molar-refractivity contribution in [3.63, 3.8) is 0 Å². The van der Waals surface area contributed by atoms with Gasteiger partial charge in [-0.05, 0) is 61.6 Å². The van der Waals surface area contributed by atoms with Crippen LogP contribution in [-0.2, 0) is 29.2 Å². The third-order valence-corrected chi connectivity index (χ3v) is 8.56. The van der Waals surface area contributed by atoms with Gasteiger partial charge in [0, 0.05) is 25.5 Å². The van der Waals surface area contributed by atoms with Crippen molar-refractivity contribution >= 4 is 22.9 Å². The third kappa shape index (κ3) is 5.33. The lowest BCUT2D eigenvalue weighted by atomic mass is 9.91. The highest BCUT2D eigenvalue weighted by Gasteiger charge is 2.59. The number of piperidine rings is 1. The van der Waals surface area contributed by atoms with Gasteiger partial charge in [0.1, 0.15) is 12.4 Å². The van der Waals surface area contributed by atoms with Gasteiger partial charge in [-0.2, -0.15) is 0 Å². The van der Waals surface area contributed by atoms with Crippen molar-refractivity contribution in [2.75, 3.05) is 19.7 Å². The second-order valence-corrected chi connectivity index (χ2v) is 11.2. The zero-order chi connectivity index (χ0) is 27.7. The van der Waals surface area contributed by atoms with Crippen LogP contribution in [-0.4, -0.2) is 57.2 Å². The number of likely N-dealkylation sites (tertiary alicyclic amines) is 1. The Kier molecular flexibility index (Phi) is 7.29. The molecule has 2 aliphatic heterocycles. The number of rotatable bonds is 10. The Morgan fingerprint density at radius 3 is 2.83 bits per heavy atom. The van der Waals surface area contributed by atoms with E-state index in [1.165, 1.54) is 0 Å². The van der Waals surface area contributed by atoms with Gasteiger partial charge in [0.05, 0.1) is 41.5 Å². The summed E-state index contributed by atoms with van der Waals surface area (Å²) in [6.45, 7) is 10.5. The largest absolute Gasteiger partial charge is 0.478 e. The van der Waals surface area contributed by atoms with Crippen LogP contribution >= 0.6 is 0 Å². The molecule has 3 heterocycles. The molecule has 0 unspecified atom stereocenters. The van der Waals surface area contributed by atoms with Crippen molar-refractivity contribution in [3.8, 4) is 0 Å². The van der Waals surface area contributed by atoms with E-state index in [0.717, 1.165) is 73.6 Å². The number of carboxylic acids is 1. The SMILES string of the molecule is C=C/C=C(\N=C(C)OCc1ccccc1)[C@]12CCN(Cc3nc4ccc(C(=O)O)cc4n3C[C@@H]3CCO3)C[C@H]1C2. The van der Waals surface area contributed by atoms with Gasteiger partial charge < -0.3 is 19.1 Å². The van der Waals surface area contributed by atoms with Crippen LogP contribution in [0, 0.1) is 11.3 Å². The molecular formula is C32H36N4O4. The van der Waals surface area contributed by atoms with Gasteiger partial charge in [0.25, 0.3) is 0 Å². The van der Waals surface area contributed by atoms with E-state index in [4.69, 9.17) is 19.5 Å². The summed E-state index contributed by atoms with van der Waals surface area (Å²) < 4.78 is 13.9. The Labute approximate surface area is 234 Å². The van der Waals surface area contributed by atoms with Crippen molar-refractivity contribution in [1.29, 1.82) is 0 Å². The molecule has 1 N–H and O–H groups in total. The average molecular weight is 541 g/mol. The maximum absolute atomic E-state index is 11.6. The molecule has 208 valence electrons. The number of carbonyl (C=O) groups is 1. The van der Waals surface area contributed by atoms with Crippen LogP contribution in [0.25, 0.3) is 11.0 Å². The minimum Gasteiger partial charge on any atom is -0.478 e. The lowest BCUT2D eigenvalue weighted by Gasteiger charge is -2.32. The number of fused-ring (bicyclic) bond motifs is 2. The first kappa shape index (κ1) is 26.5. The first-order chi connectivity index (χ1) is 19.4. The molecule has 1 aromatic heterocycles. The second kappa shape index (κ2) is 11.0. The summed E-state index contributed by atoms with van der Waals surface area (Å²) in [6.07, 6.45) is 7.16. The summed E-state index contributed by atoms with van der Waals surface area (Å²) in [5, 5.41) is 9.53. The van der Waals surface area contributed by atoms with Gasteiger partial charge in [0.2, 0.25) is 0 Å². The number of ether oxygens (including phenoxy) is 2. The monoisotopic (exact) mass is 540 g/mol. The molecule has 3 atom stereocenters. The van der Waals surface area contributed by atoms with Crippen LogP contribution in [0.4, 0.5) is 0 Å².